The van der Waals surface area contributed by atoms with Crippen LogP contribution in [0.4, 0.5) is 0 Å². The van der Waals surface area contributed by atoms with Gasteiger partial charge in [0.25, 0.3) is 0 Å². The van der Waals surface area contributed by atoms with E-state index in [-0.39, 0.29) is 0 Å². The summed E-state index contributed by atoms with van der Waals surface area (Å²) in [6.45, 7) is 2.31. The molecule has 1 unspecified atom stereocenters. The predicted molar refractivity (Wildman–Crippen MR) is 89.5 cm³/mol. The molecule has 1 aliphatic carbocycles. The summed E-state index contributed by atoms with van der Waals surface area (Å²) in [4.78, 5) is 4.52. The summed E-state index contributed by atoms with van der Waals surface area (Å²) in [5, 5.41) is 0. The van der Waals surface area contributed by atoms with Crippen LogP contribution >= 0.6 is 0 Å². The Kier molecular flexibility index (Phi) is 3.60. The van der Waals surface area contributed by atoms with E-state index < -0.39 is 0 Å². The van der Waals surface area contributed by atoms with Crippen molar-refractivity contribution >= 4 is 0 Å². The molecule has 0 fully saturated rings. The fourth-order valence-corrected chi connectivity index (χ4v) is 3.69. The molecule has 0 amide bonds. The van der Waals surface area contributed by atoms with E-state index in [1.54, 1.807) is 0 Å². The molecule has 0 saturated carbocycles. The van der Waals surface area contributed by atoms with Gasteiger partial charge in [0.15, 0.2) is 0 Å². The van der Waals surface area contributed by atoms with Gasteiger partial charge in [-0.2, -0.15) is 0 Å². The Bertz CT molecular complexity index is 650. The molecule has 110 valence electrons. The van der Waals surface area contributed by atoms with E-state index in [0.29, 0.717) is 12.1 Å². The third kappa shape index (κ3) is 2.29. The maximum Gasteiger partial charge on any atom is 0.0876 e. The first-order valence-electron chi connectivity index (χ1n) is 7.56. The lowest BCUT2D eigenvalue weighted by Crippen LogP contribution is -2.32. The largest absolute Gasteiger partial charge is 0.290 e. The molecule has 2 aromatic rings. The molecule has 0 bridgehead atoms. The molecule has 0 aromatic heterocycles. The molecule has 1 atom stereocenters. The van der Waals surface area contributed by atoms with E-state index in [4.69, 9.17) is 0 Å². The Hall–Kier alpha value is -1.64. The van der Waals surface area contributed by atoms with E-state index in [1.165, 1.54) is 27.8 Å². The summed E-state index contributed by atoms with van der Waals surface area (Å²) in [6.07, 6.45) is 0.311. The quantitative estimate of drug-likeness (QED) is 0.786. The van der Waals surface area contributed by atoms with E-state index in [0.717, 1.165) is 0 Å². The van der Waals surface area contributed by atoms with Gasteiger partial charge >= 0.3 is 0 Å². The van der Waals surface area contributed by atoms with Gasteiger partial charge in [0.1, 0.15) is 0 Å². The SMILES string of the molecule is CC1c2ccccc2-c2ccc(C(N(C)C)N(C)C)cc21. The van der Waals surface area contributed by atoms with Crippen LogP contribution in [0.1, 0.15) is 35.7 Å². The fraction of sp³-hybridized carbons (Fsp3) is 0.368. The number of hydrogen-bond donors (Lipinski definition) is 0. The van der Waals surface area contributed by atoms with Crippen molar-refractivity contribution < 1.29 is 0 Å². The molecule has 0 heterocycles. The maximum atomic E-state index is 2.39. The van der Waals surface area contributed by atoms with Crippen molar-refractivity contribution in [3.05, 3.63) is 59.2 Å². The van der Waals surface area contributed by atoms with Gasteiger partial charge in [-0.25, -0.2) is 0 Å². The van der Waals surface area contributed by atoms with Gasteiger partial charge in [-0.05, 0) is 56.0 Å². The Morgan fingerprint density at radius 2 is 1.43 bits per heavy atom. The first-order valence-corrected chi connectivity index (χ1v) is 7.56. The first-order chi connectivity index (χ1) is 10.0. The highest BCUT2D eigenvalue weighted by Crippen LogP contribution is 2.45. The molecule has 2 aromatic carbocycles. The minimum atomic E-state index is 0.311. The minimum Gasteiger partial charge on any atom is -0.290 e. The van der Waals surface area contributed by atoms with Crippen LogP contribution in [0.3, 0.4) is 0 Å². The number of benzene rings is 2. The van der Waals surface area contributed by atoms with Gasteiger partial charge < -0.3 is 0 Å². The van der Waals surface area contributed by atoms with Gasteiger partial charge in [-0.3, -0.25) is 9.80 Å². The van der Waals surface area contributed by atoms with Crippen LogP contribution in [0.5, 0.6) is 0 Å². The molecule has 0 saturated heterocycles. The highest BCUT2D eigenvalue weighted by atomic mass is 15.3. The molecule has 0 aliphatic heterocycles. The van der Waals surface area contributed by atoms with Crippen LogP contribution in [0.15, 0.2) is 42.5 Å². The standard InChI is InChI=1S/C19H24N2/c1-13-15-8-6-7-9-16(15)17-11-10-14(12-18(13)17)19(20(2)3)21(4)5/h6-13,19H,1-5H3. The van der Waals surface area contributed by atoms with Gasteiger partial charge in [0.2, 0.25) is 0 Å². The lowest BCUT2D eigenvalue weighted by Gasteiger charge is -2.31. The van der Waals surface area contributed by atoms with Gasteiger partial charge in [-0.15, -0.1) is 0 Å². The summed E-state index contributed by atoms with van der Waals surface area (Å²) in [5.41, 5.74) is 7.08. The van der Waals surface area contributed by atoms with Crippen molar-refractivity contribution in [1.29, 1.82) is 0 Å². The van der Waals surface area contributed by atoms with E-state index in [1.807, 2.05) is 0 Å². The van der Waals surface area contributed by atoms with Crippen molar-refractivity contribution in [3.8, 4) is 11.1 Å². The normalized spacial score (nSPS) is 16.7. The van der Waals surface area contributed by atoms with Crippen molar-refractivity contribution in [1.82, 2.24) is 9.80 Å². The summed E-state index contributed by atoms with van der Waals surface area (Å²) in [5.74, 6) is 0.487. The van der Waals surface area contributed by atoms with Gasteiger partial charge in [0, 0.05) is 5.92 Å². The van der Waals surface area contributed by atoms with Crippen LogP contribution < -0.4 is 0 Å². The number of rotatable bonds is 3. The molecule has 2 heteroatoms. The second-order valence-electron chi connectivity index (χ2n) is 6.46. The number of hydrogen-bond acceptors (Lipinski definition) is 2. The van der Waals surface area contributed by atoms with Crippen molar-refractivity contribution in [2.75, 3.05) is 28.2 Å². The second kappa shape index (κ2) is 5.28. The molecule has 1 aliphatic rings. The Morgan fingerprint density at radius 3 is 2.10 bits per heavy atom. The van der Waals surface area contributed by atoms with Gasteiger partial charge in [-0.1, -0.05) is 49.4 Å². The molecule has 3 rings (SSSR count). The smallest absolute Gasteiger partial charge is 0.0876 e. The predicted octanol–water partition coefficient (Wildman–Crippen LogP) is 3.94. The molecular weight excluding hydrogens is 256 g/mol. The zero-order chi connectivity index (χ0) is 15.1. The Morgan fingerprint density at radius 1 is 0.810 bits per heavy atom. The zero-order valence-corrected chi connectivity index (χ0v) is 13.6. The second-order valence-corrected chi connectivity index (χ2v) is 6.46. The zero-order valence-electron chi connectivity index (χ0n) is 13.6. The monoisotopic (exact) mass is 280 g/mol. The number of nitrogens with zero attached hydrogens (tertiary/aromatic N) is 2. The van der Waals surface area contributed by atoms with E-state index in [2.05, 4.69) is 87.4 Å². The fourth-order valence-electron chi connectivity index (χ4n) is 3.69. The van der Waals surface area contributed by atoms with E-state index >= 15 is 0 Å². The minimum absolute atomic E-state index is 0.311. The van der Waals surface area contributed by atoms with Crippen LogP contribution in [0, 0.1) is 0 Å². The molecule has 0 N–H and O–H groups in total. The molecular formula is C19H24N2. The summed E-state index contributed by atoms with van der Waals surface area (Å²) in [6, 6.07) is 15.7. The third-order valence-corrected chi connectivity index (χ3v) is 4.54. The molecule has 2 nitrogen and oxygen atoms in total. The summed E-state index contributed by atoms with van der Waals surface area (Å²) >= 11 is 0. The van der Waals surface area contributed by atoms with Crippen molar-refractivity contribution in [2.24, 2.45) is 0 Å². The number of fused-ring (bicyclic) bond motifs is 3. The molecule has 21 heavy (non-hydrogen) atoms. The molecule has 0 spiro atoms. The van der Waals surface area contributed by atoms with Crippen molar-refractivity contribution in [2.45, 2.75) is 19.0 Å². The van der Waals surface area contributed by atoms with Crippen LogP contribution in [-0.2, 0) is 0 Å². The lowest BCUT2D eigenvalue weighted by atomic mass is 9.96. The molecule has 0 radical (unpaired) electrons. The van der Waals surface area contributed by atoms with Crippen LogP contribution in [0.2, 0.25) is 0 Å². The maximum absolute atomic E-state index is 2.39. The van der Waals surface area contributed by atoms with E-state index in [9.17, 15) is 0 Å². The topological polar surface area (TPSA) is 6.48 Å². The highest BCUT2D eigenvalue weighted by molar-refractivity contribution is 5.78. The average Bonchev–Trinajstić information content (AvgIpc) is 2.72. The van der Waals surface area contributed by atoms with Crippen molar-refractivity contribution in [3.63, 3.8) is 0 Å². The Balaban J connectivity index is 2.09. The highest BCUT2D eigenvalue weighted by Gasteiger charge is 2.26. The first kappa shape index (κ1) is 14.3. The summed E-state index contributed by atoms with van der Waals surface area (Å²) < 4.78 is 0. The Labute approximate surface area is 128 Å². The lowest BCUT2D eigenvalue weighted by molar-refractivity contribution is 0.131. The van der Waals surface area contributed by atoms with Crippen LogP contribution in [0.25, 0.3) is 11.1 Å². The third-order valence-electron chi connectivity index (χ3n) is 4.54. The van der Waals surface area contributed by atoms with Gasteiger partial charge in [0.05, 0.1) is 6.17 Å². The average molecular weight is 280 g/mol. The summed E-state index contributed by atoms with van der Waals surface area (Å²) in [7, 11) is 8.54. The van der Waals surface area contributed by atoms with Crippen LogP contribution in [-0.4, -0.2) is 38.0 Å².